The van der Waals surface area contributed by atoms with E-state index in [0.29, 0.717) is 12.1 Å². The zero-order valence-corrected chi connectivity index (χ0v) is 11.3. The van der Waals surface area contributed by atoms with Gasteiger partial charge in [0.2, 0.25) is 0 Å². The summed E-state index contributed by atoms with van der Waals surface area (Å²) in [7, 11) is 0. The molecule has 6 heteroatoms. The van der Waals surface area contributed by atoms with Gasteiger partial charge < -0.3 is 0 Å². The van der Waals surface area contributed by atoms with E-state index in [1.807, 2.05) is 4.90 Å². The van der Waals surface area contributed by atoms with Crippen LogP contribution in [0.2, 0.25) is 0 Å². The third kappa shape index (κ3) is 3.19. The first-order valence-corrected chi connectivity index (χ1v) is 6.66. The van der Waals surface area contributed by atoms with E-state index in [1.165, 1.54) is 19.1 Å². The van der Waals surface area contributed by atoms with E-state index in [4.69, 9.17) is 0 Å². The molecule has 2 rings (SSSR count). The Labute approximate surface area is 116 Å². The maximum Gasteiger partial charge on any atom is 0.274 e. The van der Waals surface area contributed by atoms with E-state index in [0.717, 1.165) is 25.3 Å². The van der Waals surface area contributed by atoms with Crippen LogP contribution in [0.1, 0.15) is 31.7 Å². The number of ketones is 1. The van der Waals surface area contributed by atoms with Crippen molar-refractivity contribution in [3.63, 3.8) is 0 Å². The molecular formula is C14H17FN2O3. The topological polar surface area (TPSA) is 63.5 Å². The van der Waals surface area contributed by atoms with Gasteiger partial charge in [0.15, 0.2) is 0 Å². The summed E-state index contributed by atoms with van der Waals surface area (Å²) in [5, 5.41) is 11.0. The Morgan fingerprint density at radius 2 is 2.25 bits per heavy atom. The van der Waals surface area contributed by atoms with Gasteiger partial charge in [-0.3, -0.25) is 19.8 Å². The highest BCUT2D eigenvalue weighted by Crippen LogP contribution is 2.25. The molecule has 1 saturated heterocycles. The normalized spacial score (nSPS) is 19.8. The van der Waals surface area contributed by atoms with Crippen LogP contribution in [0, 0.1) is 15.9 Å². The quantitative estimate of drug-likeness (QED) is 0.628. The molecule has 0 aliphatic carbocycles. The predicted octanol–water partition coefficient (Wildman–Crippen LogP) is 2.68. The fourth-order valence-corrected chi connectivity index (χ4v) is 2.72. The molecule has 0 radical (unpaired) electrons. The predicted molar refractivity (Wildman–Crippen MR) is 71.8 cm³/mol. The highest BCUT2D eigenvalue weighted by atomic mass is 19.1. The number of nitro groups is 1. The third-order valence-electron chi connectivity index (χ3n) is 3.69. The first kappa shape index (κ1) is 14.6. The number of nitrogens with zero attached hydrogens (tertiary/aromatic N) is 2. The molecule has 1 aliphatic heterocycles. The smallest absolute Gasteiger partial charge is 0.274 e. The third-order valence-corrected chi connectivity index (χ3v) is 3.69. The second kappa shape index (κ2) is 6.09. The monoisotopic (exact) mass is 280 g/mol. The second-order valence-corrected chi connectivity index (χ2v) is 5.12. The van der Waals surface area contributed by atoms with E-state index < -0.39 is 10.7 Å². The molecule has 0 spiro atoms. The van der Waals surface area contributed by atoms with Gasteiger partial charge in [0.1, 0.15) is 11.6 Å². The number of carbonyl (C=O) groups is 1. The number of Topliss-reactive ketones (excluding diaryl/α,β-unsaturated/α-hetero) is 1. The standard InChI is InChI=1S/C14H17FN2O3/c1-10(18)13-4-2-3-7-16(13)9-11-8-12(15)5-6-14(11)17(19)20/h5-6,8,13H,2-4,7,9H2,1H3. The van der Waals surface area contributed by atoms with Crippen LogP contribution < -0.4 is 0 Å². The first-order chi connectivity index (χ1) is 9.49. The molecule has 1 heterocycles. The molecular weight excluding hydrogens is 263 g/mol. The Kier molecular flexibility index (Phi) is 4.44. The van der Waals surface area contributed by atoms with Gasteiger partial charge >= 0.3 is 0 Å². The maximum absolute atomic E-state index is 13.3. The number of likely N-dealkylation sites (tertiary alicyclic amines) is 1. The average molecular weight is 280 g/mol. The lowest BCUT2D eigenvalue weighted by Crippen LogP contribution is -2.43. The number of hydrogen-bond donors (Lipinski definition) is 0. The van der Waals surface area contributed by atoms with Gasteiger partial charge in [0, 0.05) is 18.2 Å². The lowest BCUT2D eigenvalue weighted by molar-refractivity contribution is -0.385. The number of benzene rings is 1. The Morgan fingerprint density at radius 3 is 2.90 bits per heavy atom. The Balaban J connectivity index is 2.25. The van der Waals surface area contributed by atoms with Gasteiger partial charge in [0.25, 0.3) is 5.69 Å². The Morgan fingerprint density at radius 1 is 1.50 bits per heavy atom. The molecule has 108 valence electrons. The summed E-state index contributed by atoms with van der Waals surface area (Å²) >= 11 is 0. The number of nitro benzene ring substituents is 1. The first-order valence-electron chi connectivity index (χ1n) is 6.66. The van der Waals surface area contributed by atoms with Crippen molar-refractivity contribution in [1.29, 1.82) is 0 Å². The van der Waals surface area contributed by atoms with Gasteiger partial charge in [-0.1, -0.05) is 6.42 Å². The molecule has 5 nitrogen and oxygen atoms in total. The van der Waals surface area contributed by atoms with E-state index in [-0.39, 0.29) is 24.1 Å². The van der Waals surface area contributed by atoms with Crippen LogP contribution in [-0.4, -0.2) is 28.2 Å². The van der Waals surface area contributed by atoms with Crippen LogP contribution in [0.15, 0.2) is 18.2 Å². The van der Waals surface area contributed by atoms with E-state index in [2.05, 4.69) is 0 Å². The molecule has 1 aliphatic rings. The molecule has 0 saturated carbocycles. The average Bonchev–Trinajstić information content (AvgIpc) is 2.38. The van der Waals surface area contributed by atoms with Crippen LogP contribution >= 0.6 is 0 Å². The van der Waals surface area contributed by atoms with Crippen molar-refractivity contribution in [2.75, 3.05) is 6.54 Å². The number of rotatable bonds is 4. The van der Waals surface area contributed by atoms with Crippen LogP contribution in [-0.2, 0) is 11.3 Å². The van der Waals surface area contributed by atoms with Crippen LogP contribution in [0.3, 0.4) is 0 Å². The highest BCUT2D eigenvalue weighted by Gasteiger charge is 2.28. The number of halogens is 1. The summed E-state index contributed by atoms with van der Waals surface area (Å²) in [4.78, 5) is 24.0. The summed E-state index contributed by atoms with van der Waals surface area (Å²) in [5.74, 6) is -0.439. The van der Waals surface area contributed by atoms with Gasteiger partial charge in [-0.2, -0.15) is 0 Å². The Bertz CT molecular complexity index is 533. The SMILES string of the molecule is CC(=O)C1CCCCN1Cc1cc(F)ccc1[N+](=O)[O-]. The molecule has 1 aromatic rings. The molecule has 0 amide bonds. The lowest BCUT2D eigenvalue weighted by Gasteiger charge is -2.33. The lowest BCUT2D eigenvalue weighted by atomic mass is 9.98. The summed E-state index contributed by atoms with van der Waals surface area (Å²) < 4.78 is 13.3. The van der Waals surface area contributed by atoms with Gasteiger partial charge in [-0.15, -0.1) is 0 Å². The Hall–Kier alpha value is -1.82. The molecule has 1 atom stereocenters. The second-order valence-electron chi connectivity index (χ2n) is 5.12. The summed E-state index contributed by atoms with van der Waals surface area (Å²) in [5.41, 5.74) is 0.224. The largest absolute Gasteiger partial charge is 0.298 e. The fourth-order valence-electron chi connectivity index (χ4n) is 2.72. The molecule has 20 heavy (non-hydrogen) atoms. The summed E-state index contributed by atoms with van der Waals surface area (Å²) in [6.07, 6.45) is 2.69. The molecule has 1 aromatic carbocycles. The minimum Gasteiger partial charge on any atom is -0.298 e. The van der Waals surface area contributed by atoms with Crippen LogP contribution in [0.4, 0.5) is 10.1 Å². The van der Waals surface area contributed by atoms with E-state index >= 15 is 0 Å². The summed E-state index contributed by atoms with van der Waals surface area (Å²) in [6.45, 7) is 2.47. The fraction of sp³-hybridized carbons (Fsp3) is 0.500. The van der Waals surface area contributed by atoms with Crippen molar-refractivity contribution in [3.8, 4) is 0 Å². The molecule has 1 fully saturated rings. The van der Waals surface area contributed by atoms with Gasteiger partial charge in [0.05, 0.1) is 11.0 Å². The van der Waals surface area contributed by atoms with Crippen molar-refractivity contribution in [3.05, 3.63) is 39.7 Å². The van der Waals surface area contributed by atoms with Crippen LogP contribution in [0.5, 0.6) is 0 Å². The molecule has 0 N–H and O–H groups in total. The number of hydrogen-bond acceptors (Lipinski definition) is 4. The van der Waals surface area contributed by atoms with Crippen molar-refractivity contribution < 1.29 is 14.1 Å². The zero-order chi connectivity index (χ0) is 14.7. The minimum atomic E-state index is -0.512. The molecule has 0 bridgehead atoms. The molecule has 0 aromatic heterocycles. The van der Waals surface area contributed by atoms with E-state index in [9.17, 15) is 19.3 Å². The maximum atomic E-state index is 13.3. The van der Waals surface area contributed by atoms with Crippen molar-refractivity contribution >= 4 is 11.5 Å². The zero-order valence-electron chi connectivity index (χ0n) is 11.3. The van der Waals surface area contributed by atoms with Gasteiger partial charge in [-0.25, -0.2) is 4.39 Å². The minimum absolute atomic E-state index is 0.0590. The van der Waals surface area contributed by atoms with Crippen LogP contribution in [0.25, 0.3) is 0 Å². The molecule has 1 unspecified atom stereocenters. The van der Waals surface area contributed by atoms with E-state index in [1.54, 1.807) is 0 Å². The summed E-state index contributed by atoms with van der Waals surface area (Å²) in [6, 6.07) is 3.23. The van der Waals surface area contributed by atoms with Crippen molar-refractivity contribution in [2.45, 2.75) is 38.8 Å². The van der Waals surface area contributed by atoms with Crippen molar-refractivity contribution in [1.82, 2.24) is 4.90 Å². The highest BCUT2D eigenvalue weighted by molar-refractivity contribution is 5.81. The number of piperidine rings is 1. The number of carbonyl (C=O) groups excluding carboxylic acids is 1. The van der Waals surface area contributed by atoms with Crippen molar-refractivity contribution in [2.24, 2.45) is 0 Å². The van der Waals surface area contributed by atoms with Gasteiger partial charge in [-0.05, 0) is 38.4 Å².